The largest absolute Gasteiger partial charge is 0.299 e. The van der Waals surface area contributed by atoms with Gasteiger partial charge in [-0.05, 0) is 37.7 Å². The van der Waals surface area contributed by atoms with Crippen LogP contribution in [0.1, 0.15) is 70.0 Å². The number of carbonyl (C=O) groups excluding carboxylic acids is 1. The maximum atomic E-state index is 12.4. The summed E-state index contributed by atoms with van der Waals surface area (Å²) in [5.74, 6) is 1.27. The van der Waals surface area contributed by atoms with E-state index in [2.05, 4.69) is 22.9 Å². The predicted octanol–water partition coefficient (Wildman–Crippen LogP) is 3.94. The average molecular weight is 274 g/mol. The molecule has 0 radical (unpaired) electrons. The van der Waals surface area contributed by atoms with Crippen LogP contribution in [0.4, 0.5) is 0 Å². The number of carbonyl (C=O) groups is 1. The summed E-state index contributed by atoms with van der Waals surface area (Å²) in [7, 11) is 0. The quantitative estimate of drug-likeness (QED) is 0.833. The number of hydrogen-bond donors (Lipinski definition) is 0. The summed E-state index contributed by atoms with van der Waals surface area (Å²) in [6, 6.07) is 2.62. The summed E-state index contributed by atoms with van der Waals surface area (Å²) >= 11 is 0. The molecule has 0 saturated heterocycles. The van der Waals surface area contributed by atoms with Gasteiger partial charge < -0.3 is 0 Å². The van der Waals surface area contributed by atoms with E-state index < -0.39 is 0 Å². The topological polar surface area (TPSA) is 34.9 Å². The van der Waals surface area contributed by atoms with E-state index in [1.165, 1.54) is 44.9 Å². The predicted molar refractivity (Wildman–Crippen MR) is 79.6 cm³/mol. The van der Waals surface area contributed by atoms with Crippen LogP contribution in [-0.2, 0) is 11.2 Å². The van der Waals surface area contributed by atoms with Crippen LogP contribution in [0.25, 0.3) is 0 Å². The Morgan fingerprint density at radius 2 is 2.00 bits per heavy atom. The Labute approximate surface area is 121 Å². The van der Waals surface area contributed by atoms with E-state index in [9.17, 15) is 4.79 Å². The Balaban J connectivity index is 1.60. The molecule has 3 rings (SSSR count). The van der Waals surface area contributed by atoms with Crippen molar-refractivity contribution in [3.63, 3.8) is 0 Å². The average Bonchev–Trinajstić information content (AvgIpc) is 3.09. The fourth-order valence-corrected chi connectivity index (χ4v) is 3.95. The van der Waals surface area contributed by atoms with Crippen molar-refractivity contribution < 1.29 is 4.79 Å². The minimum atomic E-state index is 0.287. The number of aromatic nitrogens is 2. The molecule has 0 amide bonds. The second-order valence-electron chi connectivity index (χ2n) is 6.74. The van der Waals surface area contributed by atoms with Crippen molar-refractivity contribution in [2.24, 2.45) is 11.8 Å². The summed E-state index contributed by atoms with van der Waals surface area (Å²) in [6.45, 7) is 2.22. The molecule has 0 aliphatic heterocycles. The monoisotopic (exact) mass is 274 g/mol. The first kappa shape index (κ1) is 13.8. The van der Waals surface area contributed by atoms with E-state index >= 15 is 0 Å². The Morgan fingerprint density at radius 1 is 1.20 bits per heavy atom. The lowest BCUT2D eigenvalue weighted by Gasteiger charge is -2.21. The number of nitrogens with zero attached hydrogens (tertiary/aromatic N) is 2. The van der Waals surface area contributed by atoms with E-state index in [1.807, 2.05) is 6.07 Å². The highest BCUT2D eigenvalue weighted by Crippen LogP contribution is 2.32. The van der Waals surface area contributed by atoms with Gasteiger partial charge in [0.2, 0.25) is 0 Å². The highest BCUT2D eigenvalue weighted by atomic mass is 16.1. The summed E-state index contributed by atoms with van der Waals surface area (Å²) in [4.78, 5) is 12.4. The van der Waals surface area contributed by atoms with Crippen LogP contribution in [0.5, 0.6) is 0 Å². The molecule has 2 aliphatic rings. The van der Waals surface area contributed by atoms with Crippen molar-refractivity contribution in [1.82, 2.24) is 9.78 Å². The van der Waals surface area contributed by atoms with Crippen molar-refractivity contribution in [3.05, 3.63) is 18.0 Å². The maximum absolute atomic E-state index is 12.4. The van der Waals surface area contributed by atoms with Crippen LogP contribution in [0.15, 0.2) is 12.3 Å². The van der Waals surface area contributed by atoms with Gasteiger partial charge in [0.05, 0.1) is 18.2 Å². The van der Waals surface area contributed by atoms with E-state index in [0.717, 1.165) is 12.1 Å². The molecule has 3 nitrogen and oxygen atoms in total. The van der Waals surface area contributed by atoms with Gasteiger partial charge in [-0.25, -0.2) is 0 Å². The van der Waals surface area contributed by atoms with Crippen molar-refractivity contribution in [2.45, 2.75) is 70.8 Å². The van der Waals surface area contributed by atoms with E-state index in [4.69, 9.17) is 0 Å². The third-order valence-corrected chi connectivity index (χ3v) is 5.24. The first-order chi connectivity index (χ1) is 9.74. The minimum Gasteiger partial charge on any atom is -0.299 e. The third-order valence-electron chi connectivity index (χ3n) is 5.24. The first-order valence-electron chi connectivity index (χ1n) is 8.31. The van der Waals surface area contributed by atoms with Gasteiger partial charge >= 0.3 is 0 Å². The van der Waals surface area contributed by atoms with Gasteiger partial charge in [-0.15, -0.1) is 0 Å². The fraction of sp³-hybridized carbons (Fsp3) is 0.765. The summed E-state index contributed by atoms with van der Waals surface area (Å²) in [5, 5.41) is 4.67. The Bertz CT molecular complexity index is 459. The molecular formula is C17H26N2O. The summed E-state index contributed by atoms with van der Waals surface area (Å²) in [6.07, 6.45) is 12.6. The first-order valence-corrected chi connectivity index (χ1v) is 8.31. The zero-order valence-corrected chi connectivity index (χ0v) is 12.6. The molecule has 0 spiro atoms. The molecule has 3 heteroatoms. The maximum Gasteiger partial charge on any atom is 0.142 e. The van der Waals surface area contributed by atoms with Crippen molar-refractivity contribution >= 4 is 5.78 Å². The molecule has 0 aromatic carbocycles. The molecule has 2 fully saturated rings. The van der Waals surface area contributed by atoms with E-state index in [1.54, 1.807) is 0 Å². The molecule has 2 saturated carbocycles. The highest BCUT2D eigenvalue weighted by Gasteiger charge is 2.29. The van der Waals surface area contributed by atoms with Crippen LogP contribution >= 0.6 is 0 Å². The molecule has 1 heterocycles. The zero-order valence-electron chi connectivity index (χ0n) is 12.6. The lowest BCUT2D eigenvalue weighted by Crippen LogP contribution is -2.19. The minimum absolute atomic E-state index is 0.287. The van der Waals surface area contributed by atoms with Gasteiger partial charge in [-0.3, -0.25) is 9.48 Å². The van der Waals surface area contributed by atoms with Gasteiger partial charge in [0.15, 0.2) is 0 Å². The van der Waals surface area contributed by atoms with Crippen molar-refractivity contribution in [3.8, 4) is 0 Å². The van der Waals surface area contributed by atoms with Crippen LogP contribution in [0.2, 0.25) is 0 Å². The number of ketones is 1. The molecule has 2 aliphatic carbocycles. The van der Waals surface area contributed by atoms with Crippen molar-refractivity contribution in [2.75, 3.05) is 0 Å². The second kappa shape index (κ2) is 6.11. The lowest BCUT2D eigenvalue weighted by molar-refractivity contribution is -0.123. The van der Waals surface area contributed by atoms with E-state index in [0.29, 0.717) is 24.2 Å². The number of Topliss-reactive ketones (excluding diaryl/α,β-unsaturated/α-hetero) is 1. The van der Waals surface area contributed by atoms with Crippen LogP contribution in [-0.4, -0.2) is 15.6 Å². The smallest absolute Gasteiger partial charge is 0.142 e. The molecule has 1 aromatic heterocycles. The number of hydrogen-bond acceptors (Lipinski definition) is 2. The SMILES string of the molecule is CC1CCCC1C(=O)Cc1ccn(C2CCCCC2)n1. The molecule has 2 atom stereocenters. The highest BCUT2D eigenvalue weighted by molar-refractivity contribution is 5.83. The second-order valence-corrected chi connectivity index (χ2v) is 6.74. The molecule has 2 unspecified atom stereocenters. The van der Waals surface area contributed by atoms with Crippen molar-refractivity contribution in [1.29, 1.82) is 0 Å². The molecule has 110 valence electrons. The summed E-state index contributed by atoms with van der Waals surface area (Å²) < 4.78 is 2.11. The van der Waals surface area contributed by atoms with Crippen LogP contribution in [0, 0.1) is 11.8 Å². The Hall–Kier alpha value is -1.12. The normalized spacial score (nSPS) is 27.9. The lowest BCUT2D eigenvalue weighted by atomic mass is 9.91. The summed E-state index contributed by atoms with van der Waals surface area (Å²) in [5.41, 5.74) is 0.972. The Kier molecular flexibility index (Phi) is 4.23. The van der Waals surface area contributed by atoms with Gasteiger partial charge in [-0.2, -0.15) is 5.10 Å². The standard InChI is InChI=1S/C17H26N2O/c1-13-6-5-9-16(13)17(20)12-14-10-11-19(18-14)15-7-3-2-4-8-15/h10-11,13,15-16H,2-9,12H2,1H3. The zero-order chi connectivity index (χ0) is 13.9. The molecule has 0 N–H and O–H groups in total. The van der Waals surface area contributed by atoms with Gasteiger partial charge in [-0.1, -0.05) is 32.6 Å². The molecular weight excluding hydrogens is 248 g/mol. The fourth-order valence-electron chi connectivity index (χ4n) is 3.95. The van der Waals surface area contributed by atoms with E-state index in [-0.39, 0.29) is 5.92 Å². The van der Waals surface area contributed by atoms with Crippen LogP contribution in [0.3, 0.4) is 0 Å². The Morgan fingerprint density at radius 3 is 2.70 bits per heavy atom. The van der Waals surface area contributed by atoms with Gasteiger partial charge in [0.1, 0.15) is 5.78 Å². The molecule has 0 bridgehead atoms. The molecule has 1 aromatic rings. The van der Waals surface area contributed by atoms with Gasteiger partial charge in [0, 0.05) is 12.1 Å². The number of rotatable bonds is 4. The van der Waals surface area contributed by atoms with Crippen LogP contribution < -0.4 is 0 Å². The molecule has 20 heavy (non-hydrogen) atoms. The van der Waals surface area contributed by atoms with Gasteiger partial charge in [0.25, 0.3) is 0 Å². The third kappa shape index (κ3) is 2.97.